The monoisotopic (exact) mass is 512 g/mol. The molecule has 34 heavy (non-hydrogen) atoms. The Morgan fingerprint density at radius 1 is 1.15 bits per heavy atom. The first-order chi connectivity index (χ1) is 15.9. The Morgan fingerprint density at radius 3 is 2.38 bits per heavy atom. The Hall–Kier alpha value is -3.29. The van der Waals surface area contributed by atoms with E-state index in [9.17, 15) is 22.8 Å². The predicted molar refractivity (Wildman–Crippen MR) is 119 cm³/mol. The lowest BCUT2D eigenvalue weighted by Gasteiger charge is -2.29. The van der Waals surface area contributed by atoms with E-state index >= 15 is 0 Å². The topological polar surface area (TPSA) is 104 Å². The smallest absolute Gasteiger partial charge is 0.374 e. The highest BCUT2D eigenvalue weighted by Crippen LogP contribution is 2.49. The van der Waals surface area contributed by atoms with Gasteiger partial charge in [-0.05, 0) is 48.4 Å². The van der Waals surface area contributed by atoms with Crippen molar-refractivity contribution >= 4 is 46.4 Å². The number of alkyl halides is 3. The summed E-state index contributed by atoms with van der Waals surface area (Å²) in [7, 11) is 0. The maximum absolute atomic E-state index is 14.1. The highest BCUT2D eigenvalue weighted by molar-refractivity contribution is 6.34. The van der Waals surface area contributed by atoms with Crippen molar-refractivity contribution in [3.8, 4) is 6.19 Å². The van der Waals surface area contributed by atoms with Crippen molar-refractivity contribution in [3.63, 3.8) is 0 Å². The fourth-order valence-electron chi connectivity index (χ4n) is 3.39. The molecule has 178 valence electrons. The highest BCUT2D eigenvalue weighted by atomic mass is 35.5. The molecule has 0 radical (unpaired) electrons. The van der Waals surface area contributed by atoms with Crippen molar-refractivity contribution in [2.45, 2.75) is 38.0 Å². The second-order valence-corrected chi connectivity index (χ2v) is 8.40. The van der Waals surface area contributed by atoms with Gasteiger partial charge in [-0.25, -0.2) is 0 Å². The second kappa shape index (κ2) is 9.91. The van der Waals surface area contributed by atoms with Crippen LogP contribution in [0.1, 0.15) is 36.0 Å². The van der Waals surface area contributed by atoms with Gasteiger partial charge in [0.15, 0.2) is 6.19 Å². The molecule has 2 N–H and O–H groups in total. The van der Waals surface area contributed by atoms with Crippen LogP contribution in [0, 0.1) is 18.4 Å². The molecule has 0 fully saturated rings. The number of aryl methyl sites for hydroxylation is 1. The van der Waals surface area contributed by atoms with Crippen LogP contribution in [0.3, 0.4) is 0 Å². The van der Waals surface area contributed by atoms with Crippen LogP contribution in [-0.2, 0) is 20.0 Å². The zero-order valence-electron chi connectivity index (χ0n) is 17.6. The molecule has 0 saturated heterocycles. The van der Waals surface area contributed by atoms with Gasteiger partial charge in [-0.1, -0.05) is 34.4 Å². The third-order valence-corrected chi connectivity index (χ3v) is 5.56. The van der Waals surface area contributed by atoms with Crippen LogP contribution < -0.4 is 10.6 Å². The number of halogens is 5. The lowest BCUT2D eigenvalue weighted by Crippen LogP contribution is -2.42. The van der Waals surface area contributed by atoms with Crippen molar-refractivity contribution < 1.29 is 27.6 Å². The fourth-order valence-corrected chi connectivity index (χ4v) is 3.92. The number of hydrogen-bond donors (Lipinski definition) is 2. The average molecular weight is 513 g/mol. The van der Waals surface area contributed by atoms with Crippen LogP contribution in [0.25, 0.3) is 0 Å². The van der Waals surface area contributed by atoms with E-state index in [0.29, 0.717) is 16.8 Å². The SMILES string of the molecule is Cc1cc(C2=NOC(c3cc(Cl)cc(Cl)c3)(C(F)(F)F)C2)ccc1NC(=O)CCC(=O)NC#N. The molecule has 3 rings (SSSR count). The third-order valence-electron chi connectivity index (χ3n) is 5.12. The summed E-state index contributed by atoms with van der Waals surface area (Å²) < 4.78 is 42.4. The van der Waals surface area contributed by atoms with E-state index < -0.39 is 30.0 Å². The minimum absolute atomic E-state index is 0.0317. The van der Waals surface area contributed by atoms with E-state index in [1.165, 1.54) is 24.4 Å². The number of rotatable bonds is 6. The summed E-state index contributed by atoms with van der Waals surface area (Å²) >= 11 is 11.8. The van der Waals surface area contributed by atoms with E-state index in [1.807, 2.05) is 5.32 Å². The van der Waals surface area contributed by atoms with Crippen molar-refractivity contribution in [2.24, 2.45) is 5.16 Å². The maximum Gasteiger partial charge on any atom is 0.435 e. The van der Waals surface area contributed by atoms with E-state index in [2.05, 4.69) is 10.5 Å². The molecule has 0 bridgehead atoms. The summed E-state index contributed by atoms with van der Waals surface area (Å²) in [6, 6.07) is 8.19. The number of amides is 2. The number of nitrogens with one attached hydrogen (secondary N) is 2. The molecule has 1 atom stereocenters. The van der Waals surface area contributed by atoms with Crippen LogP contribution in [-0.4, -0.2) is 23.7 Å². The number of anilines is 1. The molecule has 2 aromatic rings. The van der Waals surface area contributed by atoms with Crippen molar-refractivity contribution in [2.75, 3.05) is 5.32 Å². The Morgan fingerprint density at radius 2 is 1.79 bits per heavy atom. The number of carbonyl (C=O) groups is 2. The molecule has 0 aromatic heterocycles. The fraction of sp³-hybridized carbons (Fsp3) is 0.273. The van der Waals surface area contributed by atoms with Gasteiger partial charge in [0.1, 0.15) is 0 Å². The normalized spacial score (nSPS) is 17.4. The van der Waals surface area contributed by atoms with E-state index in [1.54, 1.807) is 13.0 Å². The van der Waals surface area contributed by atoms with Crippen molar-refractivity contribution in [1.29, 1.82) is 5.26 Å². The summed E-state index contributed by atoms with van der Waals surface area (Å²) in [5.74, 6) is -1.04. The minimum atomic E-state index is -4.81. The number of hydrogen-bond acceptors (Lipinski definition) is 5. The number of nitriles is 1. The zero-order valence-corrected chi connectivity index (χ0v) is 19.1. The Bertz CT molecular complexity index is 1190. The summed E-state index contributed by atoms with van der Waals surface area (Å²) in [6.45, 7) is 1.66. The molecule has 1 heterocycles. The number of benzene rings is 2. The lowest BCUT2D eigenvalue weighted by atomic mass is 9.86. The van der Waals surface area contributed by atoms with Crippen LogP contribution >= 0.6 is 23.2 Å². The quantitative estimate of drug-likeness (QED) is 0.410. The molecule has 0 saturated carbocycles. The van der Waals surface area contributed by atoms with Gasteiger partial charge in [-0.3, -0.25) is 14.9 Å². The first-order valence-corrected chi connectivity index (χ1v) is 10.6. The third kappa shape index (κ3) is 5.43. The van der Waals surface area contributed by atoms with Gasteiger partial charge in [0.05, 0.1) is 5.71 Å². The Labute approximate surface area is 202 Å². The molecule has 0 aliphatic carbocycles. The molecule has 2 aromatic carbocycles. The molecule has 0 spiro atoms. The number of oxime groups is 1. The predicted octanol–water partition coefficient (Wildman–Crippen LogP) is 5.20. The van der Waals surface area contributed by atoms with E-state index in [4.69, 9.17) is 33.3 Å². The first-order valence-electron chi connectivity index (χ1n) is 9.82. The van der Waals surface area contributed by atoms with Gasteiger partial charge in [-0.2, -0.15) is 18.4 Å². The molecular weight excluding hydrogens is 496 g/mol. The van der Waals surface area contributed by atoms with Gasteiger partial charge in [0, 0.05) is 40.6 Å². The Kier molecular flexibility index (Phi) is 7.38. The average Bonchev–Trinajstić information content (AvgIpc) is 3.20. The summed E-state index contributed by atoms with van der Waals surface area (Å²) in [5.41, 5.74) is -1.60. The maximum atomic E-state index is 14.1. The van der Waals surface area contributed by atoms with Gasteiger partial charge >= 0.3 is 6.18 Å². The standard InChI is InChI=1S/C22H17Cl2F3N4O3/c1-12-6-13(2-3-17(12)30-20(33)5-4-19(32)29-11-28)18-10-21(34-31-18,22(25,26)27)14-7-15(23)9-16(24)8-14/h2-3,6-9H,4-5,10H2,1H3,(H,29,32)(H,30,33). The van der Waals surface area contributed by atoms with Gasteiger partial charge in [0.25, 0.3) is 5.60 Å². The summed E-state index contributed by atoms with van der Waals surface area (Å²) in [6.07, 6.45) is -4.26. The minimum Gasteiger partial charge on any atom is -0.374 e. The van der Waals surface area contributed by atoms with Gasteiger partial charge < -0.3 is 10.2 Å². The number of nitrogens with zero attached hydrogens (tertiary/aromatic N) is 2. The molecule has 1 aliphatic rings. The van der Waals surface area contributed by atoms with Gasteiger partial charge in [0.2, 0.25) is 11.8 Å². The van der Waals surface area contributed by atoms with E-state index in [0.717, 1.165) is 12.1 Å². The van der Waals surface area contributed by atoms with Crippen LogP contribution in [0.2, 0.25) is 10.0 Å². The molecule has 7 nitrogen and oxygen atoms in total. The summed E-state index contributed by atoms with van der Waals surface area (Å²) in [4.78, 5) is 28.3. The van der Waals surface area contributed by atoms with Gasteiger partial charge in [-0.15, -0.1) is 0 Å². The van der Waals surface area contributed by atoms with Crippen LogP contribution in [0.4, 0.5) is 18.9 Å². The largest absolute Gasteiger partial charge is 0.435 e. The first kappa shape index (κ1) is 25.3. The van der Waals surface area contributed by atoms with Crippen molar-refractivity contribution in [3.05, 3.63) is 63.1 Å². The lowest BCUT2D eigenvalue weighted by molar-refractivity contribution is -0.275. The Balaban J connectivity index is 1.78. The molecular formula is C22H17Cl2F3N4O3. The van der Waals surface area contributed by atoms with Crippen LogP contribution in [0.5, 0.6) is 0 Å². The highest BCUT2D eigenvalue weighted by Gasteiger charge is 2.62. The number of carbonyl (C=O) groups excluding carboxylic acids is 2. The molecule has 12 heteroatoms. The second-order valence-electron chi connectivity index (χ2n) is 7.53. The molecule has 1 unspecified atom stereocenters. The van der Waals surface area contributed by atoms with E-state index in [-0.39, 0.29) is 34.2 Å². The van der Waals surface area contributed by atoms with Crippen molar-refractivity contribution in [1.82, 2.24) is 5.32 Å². The molecule has 1 aliphatic heterocycles. The summed E-state index contributed by atoms with van der Waals surface area (Å²) in [5, 5.41) is 16.7. The molecule has 2 amide bonds. The zero-order chi connectivity index (χ0) is 25.1. The van der Waals surface area contributed by atoms with Crippen LogP contribution in [0.15, 0.2) is 41.6 Å².